The topological polar surface area (TPSA) is 51.6 Å². The van der Waals surface area contributed by atoms with Crippen LogP contribution >= 0.6 is 0 Å². The quantitative estimate of drug-likeness (QED) is 0.154. The van der Waals surface area contributed by atoms with Crippen molar-refractivity contribution in [3.63, 3.8) is 0 Å². The van der Waals surface area contributed by atoms with Gasteiger partial charge in [0.15, 0.2) is 0 Å². The van der Waals surface area contributed by atoms with Crippen LogP contribution in [0.15, 0.2) is 207 Å². The molecule has 4 heteroatoms. The predicted octanol–water partition coefficient (Wildman–Crippen LogP) is 13.2. The van der Waals surface area contributed by atoms with E-state index in [9.17, 15) is 0 Å². The molecule has 0 saturated carbocycles. The smallest absolute Gasteiger partial charge is 0.0900 e. The zero-order valence-corrected chi connectivity index (χ0v) is 30.4. The van der Waals surface area contributed by atoms with Crippen LogP contribution in [0.3, 0.4) is 0 Å². The Balaban J connectivity index is 1.08. The second-order valence-corrected chi connectivity index (χ2v) is 13.8. The molecule has 0 fully saturated rings. The van der Waals surface area contributed by atoms with Crippen molar-refractivity contribution < 1.29 is 0 Å². The lowest BCUT2D eigenvalue weighted by Gasteiger charge is -2.16. The highest BCUT2D eigenvalue weighted by Gasteiger charge is 2.17. The van der Waals surface area contributed by atoms with Gasteiger partial charge in [-0.2, -0.15) is 0 Å². The van der Waals surface area contributed by atoms with Crippen LogP contribution < -0.4 is 0 Å². The van der Waals surface area contributed by atoms with Crippen LogP contribution in [-0.4, -0.2) is 19.9 Å². The Hall–Kier alpha value is -7.56. The van der Waals surface area contributed by atoms with Gasteiger partial charge in [0.2, 0.25) is 0 Å². The van der Waals surface area contributed by atoms with Gasteiger partial charge in [-0.1, -0.05) is 152 Å². The fraction of sp³-hybridized carbons (Fsp3) is 0. The Labute approximate surface area is 325 Å². The van der Waals surface area contributed by atoms with Crippen LogP contribution in [0.5, 0.6) is 0 Å². The fourth-order valence-corrected chi connectivity index (χ4v) is 7.69. The summed E-state index contributed by atoms with van der Waals surface area (Å²) in [6, 6.07) is 67.9. The summed E-state index contributed by atoms with van der Waals surface area (Å²) in [5.41, 5.74) is 15.4. The van der Waals surface area contributed by atoms with Crippen LogP contribution in [0.25, 0.3) is 100 Å². The van der Waals surface area contributed by atoms with Crippen LogP contribution in [0.2, 0.25) is 0 Å². The number of fused-ring (bicyclic) bond motifs is 3. The predicted molar refractivity (Wildman–Crippen MR) is 231 cm³/mol. The normalized spacial score (nSPS) is 11.2. The van der Waals surface area contributed by atoms with Gasteiger partial charge in [-0.05, 0) is 81.4 Å². The van der Waals surface area contributed by atoms with Gasteiger partial charge in [-0.3, -0.25) is 9.97 Å². The van der Waals surface area contributed by atoms with Crippen molar-refractivity contribution in [1.82, 2.24) is 19.9 Å². The second kappa shape index (κ2) is 14.3. The minimum Gasteiger partial charge on any atom is -0.255 e. The molecule has 0 atom stereocenters. The van der Waals surface area contributed by atoms with E-state index < -0.39 is 0 Å². The van der Waals surface area contributed by atoms with Crippen molar-refractivity contribution in [2.24, 2.45) is 0 Å². The Morgan fingerprint density at radius 2 is 0.821 bits per heavy atom. The molecule has 4 nitrogen and oxygen atoms in total. The van der Waals surface area contributed by atoms with E-state index in [0.717, 1.165) is 83.7 Å². The summed E-state index contributed by atoms with van der Waals surface area (Å²) >= 11 is 0. The highest BCUT2D eigenvalue weighted by Crippen LogP contribution is 2.41. The fourth-order valence-electron chi connectivity index (χ4n) is 7.69. The molecule has 4 aromatic heterocycles. The Morgan fingerprint density at radius 3 is 1.46 bits per heavy atom. The van der Waals surface area contributed by atoms with Crippen molar-refractivity contribution in [3.05, 3.63) is 207 Å². The van der Waals surface area contributed by atoms with Gasteiger partial charge < -0.3 is 0 Å². The maximum absolute atomic E-state index is 5.48. The van der Waals surface area contributed by atoms with Crippen molar-refractivity contribution in [1.29, 1.82) is 0 Å². The monoisotopic (exact) mass is 714 g/mol. The maximum Gasteiger partial charge on any atom is 0.0900 e. The van der Waals surface area contributed by atoms with Crippen LogP contribution in [0.1, 0.15) is 0 Å². The highest BCUT2D eigenvalue weighted by molar-refractivity contribution is 6.19. The highest BCUT2D eigenvalue weighted by atomic mass is 14.8. The first-order valence-corrected chi connectivity index (χ1v) is 18.8. The summed E-state index contributed by atoms with van der Waals surface area (Å²) in [6.07, 6.45) is 3.60. The third-order valence-electron chi connectivity index (χ3n) is 10.4. The molecule has 6 aromatic carbocycles. The standard InChI is InChI=1S/C52H34N4/c1-3-14-37(15-4-1)42-20-12-22-44-50(42)45-23-13-21-43(52(45)56-51(44)38-16-5-2-6-17-38)40-19-11-18-39(32-40)35-26-28-36(29-27-35)41-33-48(46-24-7-9-30-53-46)55-49(34-41)47-25-8-10-31-54-47/h1-34H. The minimum absolute atomic E-state index is 0.809. The van der Waals surface area contributed by atoms with Gasteiger partial charge in [-0.15, -0.1) is 0 Å². The summed E-state index contributed by atoms with van der Waals surface area (Å²) in [5.74, 6) is 0. The van der Waals surface area contributed by atoms with Crippen LogP contribution in [0.4, 0.5) is 0 Å². The van der Waals surface area contributed by atoms with Gasteiger partial charge in [0.05, 0.1) is 34.0 Å². The number of nitrogens with zero attached hydrogens (tertiary/aromatic N) is 4. The molecular weight excluding hydrogens is 681 g/mol. The number of hydrogen-bond donors (Lipinski definition) is 0. The molecule has 0 amide bonds. The largest absolute Gasteiger partial charge is 0.255 e. The molecule has 0 aliphatic carbocycles. The Bertz CT molecular complexity index is 2930. The van der Waals surface area contributed by atoms with E-state index in [1.165, 1.54) is 16.5 Å². The zero-order chi connectivity index (χ0) is 37.3. The van der Waals surface area contributed by atoms with Crippen molar-refractivity contribution in [2.45, 2.75) is 0 Å². The van der Waals surface area contributed by atoms with E-state index in [4.69, 9.17) is 9.97 Å². The Morgan fingerprint density at radius 1 is 0.286 bits per heavy atom. The number of para-hydroxylation sites is 1. The third kappa shape index (κ3) is 6.19. The van der Waals surface area contributed by atoms with Gasteiger partial charge in [0.1, 0.15) is 0 Å². The lowest BCUT2D eigenvalue weighted by atomic mass is 9.90. The van der Waals surface area contributed by atoms with Gasteiger partial charge >= 0.3 is 0 Å². The summed E-state index contributed by atoms with van der Waals surface area (Å²) in [6.45, 7) is 0. The first-order chi connectivity index (χ1) is 27.8. The average Bonchev–Trinajstić information content (AvgIpc) is 3.29. The third-order valence-corrected chi connectivity index (χ3v) is 10.4. The van der Waals surface area contributed by atoms with Crippen molar-refractivity contribution in [2.75, 3.05) is 0 Å². The molecule has 10 aromatic rings. The van der Waals surface area contributed by atoms with Crippen molar-refractivity contribution >= 4 is 21.7 Å². The van der Waals surface area contributed by atoms with Gasteiger partial charge in [0, 0.05) is 39.7 Å². The average molecular weight is 715 g/mol. The number of pyridine rings is 4. The second-order valence-electron chi connectivity index (χ2n) is 13.8. The number of rotatable bonds is 7. The summed E-state index contributed by atoms with van der Waals surface area (Å²) in [5, 5.41) is 3.49. The van der Waals surface area contributed by atoms with E-state index in [0.29, 0.717) is 0 Å². The summed E-state index contributed by atoms with van der Waals surface area (Å²) in [7, 11) is 0. The lowest BCUT2D eigenvalue weighted by Crippen LogP contribution is -1.94. The van der Waals surface area contributed by atoms with Crippen molar-refractivity contribution in [3.8, 4) is 78.5 Å². The molecule has 0 N–H and O–H groups in total. The molecule has 0 radical (unpaired) electrons. The number of benzene rings is 6. The lowest BCUT2D eigenvalue weighted by molar-refractivity contribution is 1.22. The molecule has 0 aliphatic heterocycles. The van der Waals surface area contributed by atoms with Gasteiger partial charge in [0.25, 0.3) is 0 Å². The van der Waals surface area contributed by atoms with E-state index in [1.807, 2.05) is 36.4 Å². The molecular formula is C52H34N4. The molecule has 4 heterocycles. The van der Waals surface area contributed by atoms with E-state index in [1.54, 1.807) is 12.4 Å². The van der Waals surface area contributed by atoms with Gasteiger partial charge in [-0.25, -0.2) is 9.97 Å². The molecule has 10 rings (SSSR count). The maximum atomic E-state index is 5.48. The SMILES string of the molecule is c1ccc(-c2nc3c(-c4cccc(-c5ccc(-c6cc(-c7ccccn7)nc(-c7ccccn7)c6)cc5)c4)cccc3c3c(-c4ccccc4)cccc23)cc1. The van der Waals surface area contributed by atoms with E-state index in [-0.39, 0.29) is 0 Å². The first-order valence-electron chi connectivity index (χ1n) is 18.8. The Kier molecular flexibility index (Phi) is 8.47. The number of aromatic nitrogens is 4. The number of hydrogen-bond acceptors (Lipinski definition) is 4. The summed E-state index contributed by atoms with van der Waals surface area (Å²) < 4.78 is 0. The molecule has 262 valence electrons. The van der Waals surface area contributed by atoms with Crippen LogP contribution in [-0.2, 0) is 0 Å². The van der Waals surface area contributed by atoms with Crippen LogP contribution in [0, 0.1) is 0 Å². The molecule has 0 bridgehead atoms. The molecule has 0 spiro atoms. The molecule has 56 heavy (non-hydrogen) atoms. The minimum atomic E-state index is 0.809. The zero-order valence-electron chi connectivity index (χ0n) is 30.4. The molecule has 0 saturated heterocycles. The summed E-state index contributed by atoms with van der Waals surface area (Å²) in [4.78, 5) is 19.6. The molecule has 0 aliphatic rings. The first kappa shape index (κ1) is 33.0. The molecule has 0 unspecified atom stereocenters. The van der Waals surface area contributed by atoms with E-state index >= 15 is 0 Å². The van der Waals surface area contributed by atoms with E-state index in [2.05, 4.69) is 168 Å².